The maximum absolute atomic E-state index is 11.6. The molecule has 1 atom stereocenters. The Hall–Kier alpha value is -0.530. The molecule has 0 saturated heterocycles. The van der Waals surface area contributed by atoms with E-state index in [1.807, 2.05) is 13.8 Å². The van der Waals surface area contributed by atoms with Gasteiger partial charge in [-0.15, -0.1) is 0 Å². The molecule has 1 fully saturated rings. The van der Waals surface area contributed by atoms with Crippen molar-refractivity contribution >= 4 is 23.2 Å². The van der Waals surface area contributed by atoms with E-state index in [1.165, 1.54) is 0 Å². The Morgan fingerprint density at radius 1 is 1.54 bits per heavy atom. The lowest BCUT2D eigenvalue weighted by Crippen LogP contribution is -2.37. The maximum Gasteiger partial charge on any atom is 0.138 e. The number of thiocarbonyl (C=S) groups is 1. The van der Waals surface area contributed by atoms with Crippen LogP contribution in [0.3, 0.4) is 0 Å². The van der Waals surface area contributed by atoms with Crippen molar-refractivity contribution in [1.82, 2.24) is 0 Å². The fourth-order valence-electron chi connectivity index (χ4n) is 1.93. The molecule has 0 aromatic heterocycles. The Balaban J connectivity index is 2.78. The molecule has 0 N–H and O–H groups in total. The van der Waals surface area contributed by atoms with E-state index in [2.05, 4.69) is 22.4 Å². The van der Waals surface area contributed by atoms with Gasteiger partial charge in [0.1, 0.15) is 5.78 Å². The third kappa shape index (κ3) is 2.45. The zero-order valence-corrected chi connectivity index (χ0v) is 8.99. The van der Waals surface area contributed by atoms with Gasteiger partial charge in [-0.2, -0.15) is 0 Å². The Labute approximate surface area is 84.4 Å². The third-order valence-corrected chi connectivity index (χ3v) is 2.83. The summed E-state index contributed by atoms with van der Waals surface area (Å²) in [5, 5.41) is 2.38. The molecule has 0 heterocycles. The summed E-state index contributed by atoms with van der Waals surface area (Å²) in [4.78, 5) is 15.7. The molecule has 0 spiro atoms. The highest BCUT2D eigenvalue weighted by Crippen LogP contribution is 2.32. The number of hydrogen-bond acceptors (Lipinski definition) is 3. The minimum absolute atomic E-state index is 0.0525. The molecule has 13 heavy (non-hydrogen) atoms. The van der Waals surface area contributed by atoms with Gasteiger partial charge >= 0.3 is 0 Å². The highest BCUT2D eigenvalue weighted by Gasteiger charge is 2.35. The first-order valence-corrected chi connectivity index (χ1v) is 5.10. The van der Waals surface area contributed by atoms with Crippen molar-refractivity contribution in [2.45, 2.75) is 45.1 Å². The van der Waals surface area contributed by atoms with Gasteiger partial charge in [0.25, 0.3) is 0 Å². The summed E-state index contributed by atoms with van der Waals surface area (Å²) in [6.45, 7) is 3.92. The molecule has 0 aromatic rings. The van der Waals surface area contributed by atoms with E-state index in [0.717, 1.165) is 19.3 Å². The van der Waals surface area contributed by atoms with Crippen LogP contribution in [0.2, 0.25) is 0 Å². The van der Waals surface area contributed by atoms with Crippen molar-refractivity contribution in [3.8, 4) is 0 Å². The summed E-state index contributed by atoms with van der Waals surface area (Å²) >= 11 is 4.58. The monoisotopic (exact) mass is 197 g/mol. The van der Waals surface area contributed by atoms with Gasteiger partial charge in [0.2, 0.25) is 0 Å². The van der Waals surface area contributed by atoms with Crippen molar-refractivity contribution < 1.29 is 4.79 Å². The smallest absolute Gasteiger partial charge is 0.138 e. The van der Waals surface area contributed by atoms with Crippen LogP contribution in [0.15, 0.2) is 4.99 Å². The van der Waals surface area contributed by atoms with Crippen molar-refractivity contribution in [2.75, 3.05) is 0 Å². The second-order valence-corrected chi connectivity index (χ2v) is 4.30. The van der Waals surface area contributed by atoms with Gasteiger partial charge in [-0.1, -0.05) is 6.42 Å². The number of ketones is 1. The lowest BCUT2D eigenvalue weighted by molar-refractivity contribution is -0.126. The Morgan fingerprint density at radius 3 is 2.77 bits per heavy atom. The lowest BCUT2D eigenvalue weighted by atomic mass is 9.76. The Bertz CT molecular complexity index is 254. The second kappa shape index (κ2) is 4.12. The Kier molecular flexibility index (Phi) is 3.34. The van der Waals surface area contributed by atoms with Crippen LogP contribution in [0, 0.1) is 5.92 Å². The molecule has 0 aliphatic heterocycles. The minimum Gasteiger partial charge on any atom is -0.299 e. The van der Waals surface area contributed by atoms with Crippen molar-refractivity contribution in [1.29, 1.82) is 0 Å². The van der Waals surface area contributed by atoms with E-state index in [0.29, 0.717) is 12.2 Å². The van der Waals surface area contributed by atoms with Gasteiger partial charge < -0.3 is 0 Å². The zero-order chi connectivity index (χ0) is 9.90. The number of aliphatic imine (C=N–C) groups is 1. The number of hydrogen-bond donors (Lipinski definition) is 0. The first-order chi connectivity index (χ1) is 6.08. The van der Waals surface area contributed by atoms with Crippen LogP contribution in [0.1, 0.15) is 39.5 Å². The molecule has 2 nitrogen and oxygen atoms in total. The first-order valence-electron chi connectivity index (χ1n) is 4.69. The van der Waals surface area contributed by atoms with Crippen LogP contribution >= 0.6 is 12.2 Å². The summed E-state index contributed by atoms with van der Waals surface area (Å²) in [5.41, 5.74) is -0.348. The number of Topliss-reactive ketones (excluding diaryl/α,β-unsaturated/α-hetero) is 1. The first kappa shape index (κ1) is 10.6. The van der Waals surface area contributed by atoms with Crippen LogP contribution < -0.4 is 0 Å². The van der Waals surface area contributed by atoms with E-state index in [-0.39, 0.29) is 11.5 Å². The average Bonchev–Trinajstić information content (AvgIpc) is 2.04. The predicted octanol–water partition coefficient (Wildman–Crippen LogP) is 2.63. The summed E-state index contributed by atoms with van der Waals surface area (Å²) in [6.07, 6.45) is 3.83. The molecule has 0 amide bonds. The van der Waals surface area contributed by atoms with Gasteiger partial charge in [0, 0.05) is 12.3 Å². The van der Waals surface area contributed by atoms with Crippen LogP contribution in [-0.2, 0) is 4.79 Å². The summed E-state index contributed by atoms with van der Waals surface area (Å²) in [6, 6.07) is 0. The number of carbonyl (C=O) groups excluding carboxylic acids is 1. The van der Waals surface area contributed by atoms with E-state index in [4.69, 9.17) is 0 Å². The molecular weight excluding hydrogens is 182 g/mol. The van der Waals surface area contributed by atoms with Crippen molar-refractivity contribution in [3.63, 3.8) is 0 Å². The van der Waals surface area contributed by atoms with E-state index in [9.17, 15) is 4.79 Å². The molecule has 72 valence electrons. The molecule has 0 bridgehead atoms. The molecule has 1 aliphatic carbocycles. The molecule has 0 aromatic carbocycles. The van der Waals surface area contributed by atoms with Crippen molar-refractivity contribution in [3.05, 3.63) is 0 Å². The number of carbonyl (C=O) groups is 1. The van der Waals surface area contributed by atoms with E-state index >= 15 is 0 Å². The van der Waals surface area contributed by atoms with Gasteiger partial charge in [-0.05, 0) is 38.9 Å². The van der Waals surface area contributed by atoms with Crippen LogP contribution in [-0.4, -0.2) is 16.5 Å². The lowest BCUT2D eigenvalue weighted by Gasteiger charge is -2.31. The van der Waals surface area contributed by atoms with Gasteiger partial charge in [0.05, 0.1) is 10.7 Å². The largest absolute Gasteiger partial charge is 0.299 e. The van der Waals surface area contributed by atoms with Gasteiger partial charge in [0.15, 0.2) is 0 Å². The number of isothiocyanates is 1. The Morgan fingerprint density at radius 2 is 2.23 bits per heavy atom. The topological polar surface area (TPSA) is 29.4 Å². The van der Waals surface area contributed by atoms with Gasteiger partial charge in [-0.3, -0.25) is 4.79 Å². The number of rotatable bonds is 2. The summed E-state index contributed by atoms with van der Waals surface area (Å²) in [5.74, 6) is 0.391. The summed E-state index contributed by atoms with van der Waals surface area (Å²) < 4.78 is 0. The molecular formula is C10H15NOS. The molecule has 0 unspecified atom stereocenters. The van der Waals surface area contributed by atoms with Crippen LogP contribution in [0.5, 0.6) is 0 Å². The predicted molar refractivity (Wildman–Crippen MR) is 56.1 cm³/mol. The molecule has 1 aliphatic rings. The van der Waals surface area contributed by atoms with Crippen LogP contribution in [0.25, 0.3) is 0 Å². The quantitative estimate of drug-likeness (QED) is 0.503. The molecule has 1 rings (SSSR count). The third-order valence-electron chi connectivity index (χ3n) is 2.74. The number of nitrogens with zero attached hydrogens (tertiary/aromatic N) is 1. The molecule has 3 heteroatoms. The average molecular weight is 197 g/mol. The zero-order valence-electron chi connectivity index (χ0n) is 8.17. The minimum atomic E-state index is -0.348. The standard InChI is InChI=1S/C10H15NOS/c1-10(2,11-7-13)8-5-3-4-6-9(8)12/h8H,3-6H2,1-2H3/t8-/m0/s1. The molecule has 0 radical (unpaired) electrons. The highest BCUT2D eigenvalue weighted by molar-refractivity contribution is 7.78. The maximum atomic E-state index is 11.6. The van der Waals surface area contributed by atoms with Crippen LogP contribution in [0.4, 0.5) is 0 Å². The SMILES string of the molecule is CC(C)(N=C=S)[C@H]1CCCCC1=O. The van der Waals surface area contributed by atoms with E-state index in [1.54, 1.807) is 0 Å². The second-order valence-electron chi connectivity index (χ2n) is 4.12. The highest BCUT2D eigenvalue weighted by atomic mass is 32.1. The summed E-state index contributed by atoms with van der Waals surface area (Å²) in [7, 11) is 0. The fourth-order valence-corrected chi connectivity index (χ4v) is 2.16. The fraction of sp³-hybridized carbons (Fsp3) is 0.800. The van der Waals surface area contributed by atoms with Crippen molar-refractivity contribution in [2.24, 2.45) is 10.9 Å². The normalized spacial score (nSPS) is 23.8. The van der Waals surface area contributed by atoms with Gasteiger partial charge in [-0.25, -0.2) is 4.99 Å². The van der Waals surface area contributed by atoms with E-state index < -0.39 is 0 Å². The molecule has 1 saturated carbocycles.